The summed E-state index contributed by atoms with van der Waals surface area (Å²) >= 11 is 1.37. The van der Waals surface area contributed by atoms with Crippen molar-refractivity contribution < 1.29 is 19.8 Å². The number of hydrogen-bond acceptors (Lipinski definition) is 1. The van der Waals surface area contributed by atoms with Crippen LogP contribution in [0.15, 0.2) is 0 Å². The monoisotopic (exact) mass is 163 g/mol. The molecule has 0 aliphatic carbocycles. The molecule has 0 aromatic carbocycles. The summed E-state index contributed by atoms with van der Waals surface area (Å²) in [6.45, 7) is 5.76. The van der Waals surface area contributed by atoms with Crippen LogP contribution in [-0.4, -0.2) is 4.68 Å². The second kappa shape index (κ2) is 2.65. The Balaban J connectivity index is 3.82. The van der Waals surface area contributed by atoms with Crippen LogP contribution in [-0.2, 0) is 19.8 Å². The fraction of sp³-hybridized carbons (Fsp3) is 0.833. The molecule has 53 valence electrons. The number of rotatable bonds is 1. The van der Waals surface area contributed by atoms with E-state index in [1.807, 2.05) is 20.8 Å². The molecule has 0 heterocycles. The molecule has 0 N–H and O–H groups in total. The van der Waals surface area contributed by atoms with Crippen LogP contribution < -0.4 is 0 Å². The Morgan fingerprint density at radius 1 is 1.38 bits per heavy atom. The van der Waals surface area contributed by atoms with Crippen molar-refractivity contribution in [3.63, 3.8) is 0 Å². The first kappa shape index (κ1) is 8.19. The Hall–Kier alpha value is 0.189. The van der Waals surface area contributed by atoms with Crippen LogP contribution in [0.2, 0.25) is 5.82 Å². The quantitative estimate of drug-likeness (QED) is 0.538. The van der Waals surface area contributed by atoms with Crippen LogP contribution in [0.25, 0.3) is 0 Å². The van der Waals surface area contributed by atoms with Gasteiger partial charge in [0.15, 0.2) is 0 Å². The summed E-state index contributed by atoms with van der Waals surface area (Å²) in [5, 5.41) is 0. The fourth-order valence-electron chi connectivity index (χ4n) is 0.226. The molecule has 2 heteroatoms. The second-order valence-electron chi connectivity index (χ2n) is 2.64. The van der Waals surface area contributed by atoms with Gasteiger partial charge in [0.05, 0.1) is 0 Å². The predicted octanol–water partition coefficient (Wildman–Crippen LogP) is 1.69. The Morgan fingerprint density at radius 3 is 1.75 bits per heavy atom. The SMILES string of the molecule is [CH3][Cu][C](=O)C(C)(C)C. The van der Waals surface area contributed by atoms with E-state index in [0.717, 1.165) is 0 Å². The van der Waals surface area contributed by atoms with Crippen molar-refractivity contribution in [2.75, 3.05) is 0 Å². The zero-order valence-electron chi connectivity index (χ0n) is 5.71. The molecule has 0 aromatic rings. The first-order valence-electron chi connectivity index (χ1n) is 2.41. The van der Waals surface area contributed by atoms with Gasteiger partial charge in [0, 0.05) is 0 Å². The first-order valence-corrected chi connectivity index (χ1v) is 3.82. The van der Waals surface area contributed by atoms with Gasteiger partial charge in [0.1, 0.15) is 0 Å². The van der Waals surface area contributed by atoms with Crippen molar-refractivity contribution in [1.29, 1.82) is 0 Å². The van der Waals surface area contributed by atoms with Crippen LogP contribution in [0.3, 0.4) is 0 Å². The molecule has 0 saturated carbocycles. The third-order valence-corrected chi connectivity index (χ3v) is 1.80. The van der Waals surface area contributed by atoms with E-state index in [4.69, 9.17) is 0 Å². The van der Waals surface area contributed by atoms with Crippen molar-refractivity contribution in [2.24, 2.45) is 5.41 Å². The third-order valence-electron chi connectivity index (χ3n) is 0.669. The molecule has 0 rings (SSSR count). The first-order chi connectivity index (χ1) is 3.48. The van der Waals surface area contributed by atoms with E-state index in [0.29, 0.717) is 0 Å². The van der Waals surface area contributed by atoms with Crippen molar-refractivity contribution in [3.05, 3.63) is 0 Å². The molecule has 0 bridgehead atoms. The molecule has 0 spiro atoms. The van der Waals surface area contributed by atoms with Gasteiger partial charge in [0.2, 0.25) is 0 Å². The molecule has 0 saturated heterocycles. The zero-order valence-corrected chi connectivity index (χ0v) is 6.65. The average molecular weight is 164 g/mol. The van der Waals surface area contributed by atoms with E-state index >= 15 is 0 Å². The van der Waals surface area contributed by atoms with Gasteiger partial charge in [-0.2, -0.15) is 0 Å². The Morgan fingerprint density at radius 2 is 1.75 bits per heavy atom. The third kappa shape index (κ3) is 2.49. The zero-order chi connectivity index (χ0) is 6.78. The summed E-state index contributed by atoms with van der Waals surface area (Å²) in [6, 6.07) is 0. The molecular weight excluding hydrogens is 152 g/mol. The fourth-order valence-corrected chi connectivity index (χ4v) is 0.932. The van der Waals surface area contributed by atoms with Gasteiger partial charge < -0.3 is 0 Å². The summed E-state index contributed by atoms with van der Waals surface area (Å²) in [7, 11) is 0. The van der Waals surface area contributed by atoms with Gasteiger partial charge in [-0.25, -0.2) is 0 Å². The summed E-state index contributed by atoms with van der Waals surface area (Å²) in [5.41, 5.74) is -0.172. The van der Waals surface area contributed by atoms with Gasteiger partial charge in [-0.15, -0.1) is 0 Å². The van der Waals surface area contributed by atoms with Crippen molar-refractivity contribution in [1.82, 2.24) is 0 Å². The minimum absolute atomic E-state index is 0.172. The summed E-state index contributed by atoms with van der Waals surface area (Å²) in [5.74, 6) is 1.80. The molecule has 0 amide bonds. The number of hydrogen-bond donors (Lipinski definition) is 0. The van der Waals surface area contributed by atoms with Crippen LogP contribution in [0.5, 0.6) is 0 Å². The van der Waals surface area contributed by atoms with E-state index in [2.05, 4.69) is 0 Å². The molecule has 8 heavy (non-hydrogen) atoms. The summed E-state index contributed by atoms with van der Waals surface area (Å²) in [4.78, 5) is 10.8. The molecular formula is C6H12CuO. The van der Waals surface area contributed by atoms with Crippen LogP contribution in [0.1, 0.15) is 20.8 Å². The Kier molecular flexibility index (Phi) is 2.72. The van der Waals surface area contributed by atoms with Gasteiger partial charge in [0.25, 0.3) is 0 Å². The molecule has 0 unspecified atom stereocenters. The minimum atomic E-state index is -0.172. The average Bonchev–Trinajstić information content (AvgIpc) is 1.62. The molecule has 0 atom stereocenters. The topological polar surface area (TPSA) is 17.1 Å². The van der Waals surface area contributed by atoms with E-state index in [1.165, 1.54) is 15.0 Å². The van der Waals surface area contributed by atoms with Crippen LogP contribution >= 0.6 is 0 Å². The van der Waals surface area contributed by atoms with E-state index in [-0.39, 0.29) is 10.1 Å². The molecule has 0 radical (unpaired) electrons. The number of carbonyl (C=O) groups is 1. The molecule has 0 aliphatic heterocycles. The number of carbonyl (C=O) groups excluding carboxylic acids is 1. The van der Waals surface area contributed by atoms with Gasteiger partial charge >= 0.3 is 56.4 Å². The van der Waals surface area contributed by atoms with Gasteiger partial charge in [-0.05, 0) is 0 Å². The summed E-state index contributed by atoms with van der Waals surface area (Å²) < 4.78 is 0.237. The molecule has 0 fully saturated rings. The Bertz CT molecular complexity index is 91.2. The maximum atomic E-state index is 10.8. The molecule has 1 nitrogen and oxygen atoms in total. The Labute approximate surface area is 57.0 Å². The van der Waals surface area contributed by atoms with E-state index in [1.54, 1.807) is 5.82 Å². The van der Waals surface area contributed by atoms with E-state index in [9.17, 15) is 4.79 Å². The van der Waals surface area contributed by atoms with Gasteiger partial charge in [-0.3, -0.25) is 0 Å². The van der Waals surface area contributed by atoms with E-state index < -0.39 is 0 Å². The molecule has 0 aliphatic rings. The standard InChI is InChI=1S/C5H9O.CH3.Cu/c1-5(2,3)4-6;;/h1-3H3;1H3;. The van der Waals surface area contributed by atoms with Crippen molar-refractivity contribution in [2.45, 2.75) is 26.6 Å². The summed E-state index contributed by atoms with van der Waals surface area (Å²) in [6.07, 6.45) is 0. The van der Waals surface area contributed by atoms with Crippen molar-refractivity contribution >= 4 is 4.68 Å². The van der Waals surface area contributed by atoms with Crippen molar-refractivity contribution in [3.8, 4) is 0 Å². The van der Waals surface area contributed by atoms with Gasteiger partial charge in [-0.1, -0.05) is 0 Å². The second-order valence-corrected chi connectivity index (χ2v) is 3.54. The normalized spacial score (nSPS) is 12.0. The van der Waals surface area contributed by atoms with Crippen LogP contribution in [0, 0.1) is 5.41 Å². The van der Waals surface area contributed by atoms with Crippen LogP contribution in [0.4, 0.5) is 0 Å². The maximum absolute atomic E-state index is 10.8. The molecule has 0 aromatic heterocycles. The predicted molar refractivity (Wildman–Crippen MR) is 30.3 cm³/mol.